The predicted molar refractivity (Wildman–Crippen MR) is 58.9 cm³/mol. The Morgan fingerprint density at radius 1 is 1.55 bits per heavy atom. The van der Waals surface area contributed by atoms with E-state index in [1.54, 1.807) is 0 Å². The van der Waals surface area contributed by atoms with Gasteiger partial charge in [0.05, 0.1) is 0 Å². The predicted octanol–water partition coefficient (Wildman–Crippen LogP) is 3.15. The van der Waals surface area contributed by atoms with Crippen molar-refractivity contribution in [3.63, 3.8) is 0 Å². The van der Waals surface area contributed by atoms with Crippen molar-refractivity contribution in [3.8, 4) is 0 Å². The normalized spacial score (nSPS) is 14.6. The summed E-state index contributed by atoms with van der Waals surface area (Å²) >= 11 is 12.5. The lowest BCUT2D eigenvalue weighted by atomic mass is 10.3. The molecule has 0 saturated heterocycles. The van der Waals surface area contributed by atoms with Crippen LogP contribution in [0.15, 0.2) is 0 Å². The van der Waals surface area contributed by atoms with Crippen molar-refractivity contribution in [1.29, 1.82) is 0 Å². The Kier molecular flexibility index (Phi) is 6.07. The molecule has 0 rings (SSSR count). The molecule has 0 heterocycles. The van der Waals surface area contributed by atoms with Gasteiger partial charge in [-0.05, 0) is 0 Å². The van der Waals surface area contributed by atoms with Crippen molar-refractivity contribution in [1.82, 2.24) is 0 Å². The van der Waals surface area contributed by atoms with Crippen LogP contribution in [0.5, 0.6) is 0 Å². The first kappa shape index (κ1) is 12.6. The molecule has 0 fully saturated rings. The third kappa shape index (κ3) is 5.74. The summed E-state index contributed by atoms with van der Waals surface area (Å²) in [5.41, 5.74) is 0. The third-order valence-electron chi connectivity index (χ3n) is 0.918. The van der Waals surface area contributed by atoms with Gasteiger partial charge < -0.3 is 4.74 Å². The van der Waals surface area contributed by atoms with Gasteiger partial charge in [0.15, 0.2) is 7.93 Å². The number of ether oxygens (including phenoxy) is 1. The van der Waals surface area contributed by atoms with E-state index in [0.717, 1.165) is 0 Å². The standard InChI is InChI=1S/C5H6Br4O2/c1-11-4(6)2-3(10)5(7,8)9/h4H,2H2,1H3. The largest absolute Gasteiger partial charge is 0.370 e. The third-order valence-corrected chi connectivity index (χ3v) is 2.94. The van der Waals surface area contributed by atoms with Gasteiger partial charge in [-0.3, -0.25) is 4.79 Å². The summed E-state index contributed by atoms with van der Waals surface area (Å²) in [6.45, 7) is 0. The molecule has 6 heteroatoms. The molecule has 0 aromatic rings. The van der Waals surface area contributed by atoms with E-state index in [4.69, 9.17) is 4.74 Å². The molecule has 66 valence electrons. The van der Waals surface area contributed by atoms with Crippen LogP contribution in [-0.2, 0) is 9.53 Å². The summed E-state index contributed by atoms with van der Waals surface area (Å²) < 4.78 is 4.03. The van der Waals surface area contributed by atoms with E-state index >= 15 is 0 Å². The van der Waals surface area contributed by atoms with Gasteiger partial charge in [0.25, 0.3) is 0 Å². The molecule has 0 aliphatic heterocycles. The van der Waals surface area contributed by atoms with E-state index in [1.165, 1.54) is 7.11 Å². The zero-order valence-electron chi connectivity index (χ0n) is 5.61. The summed E-state index contributed by atoms with van der Waals surface area (Å²) in [5, 5.41) is -0.234. The van der Waals surface area contributed by atoms with Gasteiger partial charge in [0.1, 0.15) is 5.01 Å². The fraction of sp³-hybridized carbons (Fsp3) is 0.800. The molecular formula is C5H6Br4O2. The molecule has 0 spiro atoms. The SMILES string of the molecule is COC(Br)CC(=O)C(Br)(Br)Br. The second kappa shape index (κ2) is 5.32. The quantitative estimate of drug-likeness (QED) is 0.660. The maximum Gasteiger partial charge on any atom is 0.192 e. The van der Waals surface area contributed by atoms with Gasteiger partial charge in [-0.25, -0.2) is 0 Å². The van der Waals surface area contributed by atoms with E-state index in [-0.39, 0.29) is 17.2 Å². The van der Waals surface area contributed by atoms with Gasteiger partial charge in [0, 0.05) is 13.5 Å². The van der Waals surface area contributed by atoms with E-state index in [0.29, 0.717) is 0 Å². The number of hydrogen-bond donors (Lipinski definition) is 0. The van der Waals surface area contributed by atoms with E-state index in [2.05, 4.69) is 63.7 Å². The van der Waals surface area contributed by atoms with E-state index < -0.39 is 2.14 Å². The monoisotopic (exact) mass is 414 g/mol. The number of methoxy groups -OCH3 is 1. The van der Waals surface area contributed by atoms with E-state index in [9.17, 15) is 4.79 Å². The highest BCUT2D eigenvalue weighted by Crippen LogP contribution is 2.36. The Labute approximate surface area is 98.9 Å². The number of alkyl halides is 4. The average molecular weight is 418 g/mol. The molecule has 0 amide bonds. The topological polar surface area (TPSA) is 26.3 Å². The number of carbonyl (C=O) groups is 1. The van der Waals surface area contributed by atoms with E-state index in [1.807, 2.05) is 0 Å². The van der Waals surface area contributed by atoms with Gasteiger partial charge in [-0.1, -0.05) is 63.7 Å². The smallest absolute Gasteiger partial charge is 0.192 e. The average Bonchev–Trinajstić information content (AvgIpc) is 1.85. The molecule has 1 unspecified atom stereocenters. The molecule has 0 aliphatic rings. The highest BCUT2D eigenvalue weighted by Gasteiger charge is 2.29. The summed E-state index contributed by atoms with van der Waals surface area (Å²) in [6, 6.07) is 0. The number of halogens is 4. The van der Waals surface area contributed by atoms with Crippen molar-refractivity contribution in [2.45, 2.75) is 13.6 Å². The van der Waals surface area contributed by atoms with Gasteiger partial charge in [-0.15, -0.1) is 0 Å². The minimum atomic E-state index is -0.822. The highest BCUT2D eigenvalue weighted by atomic mass is 80.0. The molecule has 0 bridgehead atoms. The van der Waals surface area contributed by atoms with Crippen molar-refractivity contribution in [2.24, 2.45) is 0 Å². The van der Waals surface area contributed by atoms with Crippen molar-refractivity contribution in [2.75, 3.05) is 7.11 Å². The number of Topliss-reactive ketones (excluding diaryl/α,β-unsaturated/α-hetero) is 1. The van der Waals surface area contributed by atoms with Crippen molar-refractivity contribution < 1.29 is 9.53 Å². The zero-order valence-corrected chi connectivity index (χ0v) is 12.0. The van der Waals surface area contributed by atoms with Crippen molar-refractivity contribution in [3.05, 3.63) is 0 Å². The Balaban J connectivity index is 3.88. The Morgan fingerprint density at radius 2 is 2.00 bits per heavy atom. The van der Waals surface area contributed by atoms with Crippen LogP contribution in [0.25, 0.3) is 0 Å². The molecule has 0 aliphatic carbocycles. The van der Waals surface area contributed by atoms with Crippen LogP contribution in [0.2, 0.25) is 0 Å². The molecule has 0 aromatic heterocycles. The Morgan fingerprint density at radius 3 is 2.27 bits per heavy atom. The Hall–Kier alpha value is 1.55. The number of carbonyl (C=O) groups excluding carboxylic acids is 1. The maximum atomic E-state index is 11.2. The summed E-state index contributed by atoms with van der Waals surface area (Å²) in [5.74, 6) is -0.0405. The van der Waals surface area contributed by atoms with Crippen LogP contribution in [-0.4, -0.2) is 20.0 Å². The molecule has 0 saturated carbocycles. The molecule has 0 aromatic carbocycles. The first-order valence-corrected chi connectivity index (χ1v) is 5.94. The fourth-order valence-corrected chi connectivity index (χ4v) is 1.12. The van der Waals surface area contributed by atoms with Gasteiger partial charge in [-0.2, -0.15) is 0 Å². The summed E-state index contributed by atoms with van der Waals surface area (Å²) in [7, 11) is 1.53. The molecule has 2 nitrogen and oxygen atoms in total. The molecule has 0 radical (unpaired) electrons. The lowest BCUT2D eigenvalue weighted by molar-refractivity contribution is -0.118. The first-order chi connectivity index (χ1) is 4.88. The summed E-state index contributed by atoms with van der Waals surface area (Å²) in [4.78, 5) is 11.2. The minimum Gasteiger partial charge on any atom is -0.370 e. The highest BCUT2D eigenvalue weighted by molar-refractivity contribution is 9.40. The molecular weight excluding hydrogens is 412 g/mol. The van der Waals surface area contributed by atoms with Crippen LogP contribution in [0.1, 0.15) is 6.42 Å². The lowest BCUT2D eigenvalue weighted by Gasteiger charge is -2.12. The maximum absolute atomic E-state index is 11.2. The second-order valence-electron chi connectivity index (χ2n) is 1.77. The van der Waals surface area contributed by atoms with Crippen LogP contribution < -0.4 is 0 Å². The van der Waals surface area contributed by atoms with Crippen LogP contribution in [0.3, 0.4) is 0 Å². The molecule has 1 atom stereocenters. The zero-order chi connectivity index (χ0) is 9.07. The fourth-order valence-electron chi connectivity index (χ4n) is 0.345. The van der Waals surface area contributed by atoms with Gasteiger partial charge >= 0.3 is 0 Å². The first-order valence-electron chi connectivity index (χ1n) is 2.65. The number of rotatable bonds is 3. The number of ketones is 1. The minimum absolute atomic E-state index is 0.0405. The van der Waals surface area contributed by atoms with Crippen LogP contribution >= 0.6 is 63.7 Å². The van der Waals surface area contributed by atoms with Crippen molar-refractivity contribution >= 4 is 69.5 Å². The number of hydrogen-bond acceptors (Lipinski definition) is 2. The lowest BCUT2D eigenvalue weighted by Crippen LogP contribution is -2.21. The Bertz CT molecular complexity index is 142. The molecule has 0 N–H and O–H groups in total. The van der Waals surface area contributed by atoms with Gasteiger partial charge in [0.2, 0.25) is 0 Å². The second-order valence-corrected chi connectivity index (χ2v) is 9.55. The summed E-state index contributed by atoms with van der Waals surface area (Å²) in [6.07, 6.45) is 0.290. The van der Waals surface area contributed by atoms with Crippen LogP contribution in [0, 0.1) is 0 Å². The molecule has 11 heavy (non-hydrogen) atoms. The van der Waals surface area contributed by atoms with Crippen LogP contribution in [0.4, 0.5) is 0 Å².